The van der Waals surface area contributed by atoms with Crippen LogP contribution in [-0.4, -0.2) is 37.1 Å². The number of nitrogens with zero attached hydrogens (tertiary/aromatic N) is 4. The van der Waals surface area contributed by atoms with Crippen molar-refractivity contribution in [3.8, 4) is 11.1 Å². The molecule has 1 saturated carbocycles. The lowest BCUT2D eigenvalue weighted by Gasteiger charge is -2.28. The van der Waals surface area contributed by atoms with Crippen LogP contribution in [-0.2, 0) is 13.0 Å². The number of pyridine rings is 1. The van der Waals surface area contributed by atoms with E-state index >= 15 is 0 Å². The minimum absolute atomic E-state index is 0.0499. The van der Waals surface area contributed by atoms with Gasteiger partial charge in [-0.3, -0.25) is 9.48 Å². The molecule has 30 heavy (non-hydrogen) atoms. The fourth-order valence-electron chi connectivity index (χ4n) is 4.26. The van der Waals surface area contributed by atoms with Gasteiger partial charge in [-0.1, -0.05) is 18.2 Å². The first-order valence-electron chi connectivity index (χ1n) is 11.0. The third-order valence-corrected chi connectivity index (χ3v) is 6.23. The number of fused-ring (bicyclic) bond motifs is 2. The number of aromatic nitrogens is 4. The summed E-state index contributed by atoms with van der Waals surface area (Å²) in [5.41, 5.74) is 6.62. The van der Waals surface area contributed by atoms with Crippen LogP contribution in [0.1, 0.15) is 47.4 Å². The molecule has 0 atom stereocenters. The molecule has 4 aromatic rings. The predicted molar refractivity (Wildman–Crippen MR) is 115 cm³/mol. The van der Waals surface area contributed by atoms with Crippen LogP contribution in [0.5, 0.6) is 0 Å². The summed E-state index contributed by atoms with van der Waals surface area (Å²) in [6, 6.07) is 8.92. The summed E-state index contributed by atoms with van der Waals surface area (Å²) in [4.78, 5) is 22.5. The first-order valence-corrected chi connectivity index (χ1v) is 10.5. The van der Waals surface area contributed by atoms with Crippen LogP contribution < -0.4 is 0 Å². The Bertz CT molecular complexity index is 1330. The topological polar surface area (TPSA) is 66.8 Å². The normalized spacial score (nSPS) is 16.6. The van der Waals surface area contributed by atoms with E-state index in [2.05, 4.69) is 34.1 Å². The lowest BCUT2D eigenvalue weighted by molar-refractivity contribution is 0.0728. The van der Waals surface area contributed by atoms with Gasteiger partial charge in [-0.2, -0.15) is 5.10 Å². The Kier molecular flexibility index (Phi) is 3.58. The lowest BCUT2D eigenvalue weighted by atomic mass is 9.94. The maximum absolute atomic E-state index is 13.0. The Balaban J connectivity index is 1.28. The molecule has 0 bridgehead atoms. The molecule has 150 valence electrons. The molecule has 0 spiro atoms. The number of rotatable bonds is 3. The summed E-state index contributed by atoms with van der Waals surface area (Å²) in [5.74, 6) is -0.0499. The van der Waals surface area contributed by atoms with Gasteiger partial charge in [-0.15, -0.1) is 0 Å². The zero-order chi connectivity index (χ0) is 21.1. The summed E-state index contributed by atoms with van der Waals surface area (Å²) in [6.45, 7) is 3.16. The predicted octanol–water partition coefficient (Wildman–Crippen LogP) is 4.27. The van der Waals surface area contributed by atoms with Gasteiger partial charge in [0.15, 0.2) is 0 Å². The Morgan fingerprint density at radius 1 is 1.23 bits per heavy atom. The lowest BCUT2D eigenvalue weighted by Crippen LogP contribution is -2.36. The van der Waals surface area contributed by atoms with E-state index in [1.807, 2.05) is 40.3 Å². The van der Waals surface area contributed by atoms with Crippen molar-refractivity contribution < 1.29 is 6.17 Å². The number of nitrogens with one attached hydrogen (secondary N) is 1. The van der Waals surface area contributed by atoms with Gasteiger partial charge in [0.25, 0.3) is 5.91 Å². The van der Waals surface area contributed by atoms with Crippen molar-refractivity contribution in [1.29, 1.82) is 0 Å². The van der Waals surface area contributed by atoms with E-state index in [4.69, 9.17) is 1.37 Å². The van der Waals surface area contributed by atoms with E-state index in [1.165, 1.54) is 0 Å². The van der Waals surface area contributed by atoms with Gasteiger partial charge in [0, 0.05) is 42.6 Å². The second kappa shape index (κ2) is 6.55. The summed E-state index contributed by atoms with van der Waals surface area (Å²) >= 11 is 0. The second-order valence-corrected chi connectivity index (χ2v) is 8.37. The average molecular weight is 398 g/mol. The summed E-state index contributed by atoms with van der Waals surface area (Å²) < 4.78 is 10.5. The third-order valence-electron chi connectivity index (χ3n) is 6.23. The fraction of sp³-hybridized carbons (Fsp3) is 0.292. The Morgan fingerprint density at radius 2 is 2.13 bits per heavy atom. The van der Waals surface area contributed by atoms with Crippen LogP contribution >= 0.6 is 0 Å². The molecule has 1 N–H and O–H groups in total. The molecule has 6 heteroatoms. The van der Waals surface area contributed by atoms with E-state index in [-0.39, 0.29) is 5.91 Å². The first-order chi connectivity index (χ1) is 15.1. The molecule has 3 aromatic heterocycles. The summed E-state index contributed by atoms with van der Waals surface area (Å²) in [5, 5.41) is 5.58. The molecule has 1 fully saturated rings. The number of carbonyl (C=O) groups is 1. The number of aromatic amines is 1. The molecular weight excluding hydrogens is 374 g/mol. The summed E-state index contributed by atoms with van der Waals surface area (Å²) in [6.07, 6.45) is 8.74. The molecule has 1 aliphatic heterocycles. The Hall–Kier alpha value is -3.41. The third kappa shape index (κ3) is 2.91. The van der Waals surface area contributed by atoms with E-state index < -0.39 is 0 Å². The van der Waals surface area contributed by atoms with Gasteiger partial charge in [0.1, 0.15) is 11.3 Å². The van der Waals surface area contributed by atoms with Crippen molar-refractivity contribution >= 4 is 16.9 Å². The average Bonchev–Trinajstić information content (AvgIpc) is 3.41. The Morgan fingerprint density at radius 3 is 3.00 bits per heavy atom. The molecule has 0 radical (unpaired) electrons. The largest absolute Gasteiger partial charge is 0.346 e. The number of amides is 1. The number of hydrogen-bond donors (Lipinski definition) is 1. The molecule has 1 amide bonds. The van der Waals surface area contributed by atoms with E-state index in [9.17, 15) is 4.79 Å². The van der Waals surface area contributed by atoms with E-state index in [0.29, 0.717) is 30.9 Å². The smallest absolute Gasteiger partial charge is 0.274 e. The minimum atomic E-state index is -0.0499. The van der Waals surface area contributed by atoms with Crippen LogP contribution in [0.15, 0.2) is 48.9 Å². The SMILES string of the molecule is [2H]c1cc(-c2cnc3[nH]cc(C)c3c2)cc2c1CN(C(=O)c1ccn(C3CC3)n1)CC2. The quantitative estimate of drug-likeness (QED) is 0.560. The standard InChI is InChI=1S/C24H23N5O/c1-15-12-25-23-21(15)11-19(13-26-23)16-2-3-18-14-28(8-6-17(18)10-16)24(30)22-7-9-29(27-22)20-4-5-20/h2-3,7,9-13,20H,4-6,8,14H2,1H3,(H,25,26)/i3D. The van der Waals surface area contributed by atoms with E-state index in [0.717, 1.165) is 58.1 Å². The molecule has 1 aromatic carbocycles. The van der Waals surface area contributed by atoms with Crippen LogP contribution in [0.4, 0.5) is 0 Å². The molecule has 0 unspecified atom stereocenters. The summed E-state index contributed by atoms with van der Waals surface area (Å²) in [7, 11) is 0. The van der Waals surface area contributed by atoms with Crippen molar-refractivity contribution in [3.05, 3.63) is 71.3 Å². The molecule has 4 heterocycles. The van der Waals surface area contributed by atoms with Crippen LogP contribution in [0.2, 0.25) is 0 Å². The second-order valence-electron chi connectivity index (χ2n) is 8.37. The number of aryl methyl sites for hydroxylation is 1. The number of hydrogen-bond acceptors (Lipinski definition) is 3. The van der Waals surface area contributed by atoms with Gasteiger partial charge < -0.3 is 9.88 Å². The first kappa shape index (κ1) is 16.4. The fourth-order valence-corrected chi connectivity index (χ4v) is 4.26. The van der Waals surface area contributed by atoms with Crippen molar-refractivity contribution in [2.45, 2.75) is 38.8 Å². The van der Waals surface area contributed by atoms with Gasteiger partial charge in [-0.25, -0.2) is 4.98 Å². The maximum atomic E-state index is 13.0. The maximum Gasteiger partial charge on any atom is 0.274 e. The van der Waals surface area contributed by atoms with Crippen molar-refractivity contribution in [2.24, 2.45) is 0 Å². The molecular formula is C24H23N5O. The van der Waals surface area contributed by atoms with Gasteiger partial charge in [0.05, 0.1) is 7.41 Å². The van der Waals surface area contributed by atoms with Crippen LogP contribution in [0.25, 0.3) is 22.2 Å². The molecule has 6 nitrogen and oxygen atoms in total. The highest BCUT2D eigenvalue weighted by Gasteiger charge is 2.27. The van der Waals surface area contributed by atoms with Crippen molar-refractivity contribution in [1.82, 2.24) is 24.6 Å². The molecule has 0 saturated heterocycles. The van der Waals surface area contributed by atoms with Crippen molar-refractivity contribution in [3.63, 3.8) is 0 Å². The zero-order valence-corrected chi connectivity index (χ0v) is 16.9. The van der Waals surface area contributed by atoms with Crippen LogP contribution in [0.3, 0.4) is 0 Å². The Labute approximate surface area is 175 Å². The van der Waals surface area contributed by atoms with Crippen LogP contribution in [0, 0.1) is 6.92 Å². The minimum Gasteiger partial charge on any atom is -0.346 e. The highest BCUT2D eigenvalue weighted by Crippen LogP contribution is 2.34. The molecule has 6 rings (SSSR count). The molecule has 1 aliphatic carbocycles. The van der Waals surface area contributed by atoms with E-state index in [1.54, 1.807) is 0 Å². The number of carbonyl (C=O) groups excluding carboxylic acids is 1. The van der Waals surface area contributed by atoms with Gasteiger partial charge in [0.2, 0.25) is 0 Å². The number of H-pyrrole nitrogens is 1. The van der Waals surface area contributed by atoms with Gasteiger partial charge >= 0.3 is 0 Å². The van der Waals surface area contributed by atoms with Crippen molar-refractivity contribution in [2.75, 3.05) is 6.54 Å². The molecule has 2 aliphatic rings. The zero-order valence-electron chi connectivity index (χ0n) is 17.9. The highest BCUT2D eigenvalue weighted by molar-refractivity contribution is 5.92. The number of benzene rings is 1. The van der Waals surface area contributed by atoms with Gasteiger partial charge in [-0.05, 0) is 60.6 Å². The monoisotopic (exact) mass is 398 g/mol. The highest BCUT2D eigenvalue weighted by atomic mass is 16.2.